The number of H-pyrrole nitrogens is 1. The number of nitrogens with one attached hydrogen (secondary N) is 3. The average Bonchev–Trinajstić information content (AvgIpc) is 2.97. The second kappa shape index (κ2) is 5.63. The Morgan fingerprint density at radius 1 is 1.38 bits per heavy atom. The van der Waals surface area contributed by atoms with E-state index in [1.165, 1.54) is 19.0 Å². The Labute approximate surface area is 123 Å². The third-order valence-electron chi connectivity index (χ3n) is 3.31. The van der Waals surface area contributed by atoms with Gasteiger partial charge in [-0.1, -0.05) is 5.16 Å². The summed E-state index contributed by atoms with van der Waals surface area (Å²) in [5, 5.41) is 7.08. The van der Waals surface area contributed by atoms with Crippen molar-refractivity contribution in [2.45, 2.75) is 43.8 Å². The number of sulfonamides is 1. The maximum Gasteiger partial charge on any atom is 0.242 e. The first-order valence-corrected chi connectivity index (χ1v) is 8.34. The molecule has 1 aliphatic carbocycles. The minimum atomic E-state index is -3.54. The van der Waals surface area contributed by atoms with Crippen molar-refractivity contribution in [3.63, 3.8) is 0 Å². The molecule has 21 heavy (non-hydrogen) atoms. The van der Waals surface area contributed by atoms with Crippen molar-refractivity contribution >= 4 is 10.0 Å². The smallest absolute Gasteiger partial charge is 0.242 e. The number of nitrogens with zero attached hydrogens (tertiary/aromatic N) is 1. The topological polar surface area (TPSA) is 100 Å². The molecule has 0 aromatic carbocycles. The van der Waals surface area contributed by atoms with Crippen LogP contribution in [0.2, 0.25) is 0 Å². The highest BCUT2D eigenvalue weighted by Crippen LogP contribution is 2.19. The van der Waals surface area contributed by atoms with Crippen molar-refractivity contribution in [3.05, 3.63) is 35.5 Å². The third kappa shape index (κ3) is 3.72. The van der Waals surface area contributed by atoms with Gasteiger partial charge in [0.1, 0.15) is 5.76 Å². The molecule has 0 spiro atoms. The Hall–Kier alpha value is -1.64. The molecule has 7 nitrogen and oxygen atoms in total. The number of aromatic nitrogens is 2. The molecular weight excluding hydrogens is 292 g/mol. The summed E-state index contributed by atoms with van der Waals surface area (Å²) in [5.41, 5.74) is 1.42. The first kappa shape index (κ1) is 14.3. The summed E-state index contributed by atoms with van der Waals surface area (Å²) in [6.45, 7) is 2.53. The second-order valence-electron chi connectivity index (χ2n) is 5.27. The third-order valence-corrected chi connectivity index (χ3v) is 4.69. The SMILES string of the molecule is Cc1cc(CNS(=O)(=O)c2c[nH]c(CNC3CC3)c2)no1. The fourth-order valence-electron chi connectivity index (χ4n) is 1.97. The highest BCUT2D eigenvalue weighted by molar-refractivity contribution is 7.89. The molecule has 0 unspecified atom stereocenters. The Morgan fingerprint density at radius 3 is 2.86 bits per heavy atom. The molecule has 1 fully saturated rings. The summed E-state index contributed by atoms with van der Waals surface area (Å²) in [6.07, 6.45) is 3.90. The van der Waals surface area contributed by atoms with Gasteiger partial charge in [-0.15, -0.1) is 0 Å². The van der Waals surface area contributed by atoms with Crippen molar-refractivity contribution in [1.82, 2.24) is 20.2 Å². The molecule has 0 saturated heterocycles. The van der Waals surface area contributed by atoms with Gasteiger partial charge in [0.2, 0.25) is 10.0 Å². The lowest BCUT2D eigenvalue weighted by Gasteiger charge is -2.02. The van der Waals surface area contributed by atoms with Gasteiger partial charge in [0, 0.05) is 30.5 Å². The maximum atomic E-state index is 12.2. The van der Waals surface area contributed by atoms with E-state index in [9.17, 15) is 8.42 Å². The quantitative estimate of drug-likeness (QED) is 0.709. The molecule has 0 atom stereocenters. The number of aromatic amines is 1. The van der Waals surface area contributed by atoms with Gasteiger partial charge in [0.15, 0.2) is 0 Å². The predicted molar refractivity (Wildman–Crippen MR) is 75.9 cm³/mol. The van der Waals surface area contributed by atoms with E-state index in [4.69, 9.17) is 4.52 Å². The lowest BCUT2D eigenvalue weighted by molar-refractivity contribution is 0.390. The van der Waals surface area contributed by atoms with Crippen molar-refractivity contribution < 1.29 is 12.9 Å². The maximum absolute atomic E-state index is 12.2. The molecule has 2 aromatic rings. The van der Waals surface area contributed by atoms with Gasteiger partial charge >= 0.3 is 0 Å². The van der Waals surface area contributed by atoms with Crippen LogP contribution in [0, 0.1) is 6.92 Å². The van der Waals surface area contributed by atoms with Crippen LogP contribution in [0.5, 0.6) is 0 Å². The summed E-state index contributed by atoms with van der Waals surface area (Å²) in [6, 6.07) is 3.93. The van der Waals surface area contributed by atoms with E-state index in [-0.39, 0.29) is 11.4 Å². The van der Waals surface area contributed by atoms with Gasteiger partial charge in [-0.05, 0) is 25.8 Å². The zero-order valence-electron chi connectivity index (χ0n) is 11.7. The van der Waals surface area contributed by atoms with E-state index in [0.29, 0.717) is 24.0 Å². The van der Waals surface area contributed by atoms with Crippen LogP contribution in [0.4, 0.5) is 0 Å². The standard InChI is InChI=1S/C13H18N4O3S/c1-9-4-12(17-20-9)7-16-21(18,19)13-5-11(15-8-13)6-14-10-2-3-10/h4-5,8,10,14-16H,2-3,6-7H2,1H3. The molecule has 0 aliphatic heterocycles. The minimum absolute atomic E-state index is 0.112. The fourth-order valence-corrected chi connectivity index (χ4v) is 2.99. The number of aryl methyl sites for hydroxylation is 1. The summed E-state index contributed by atoms with van der Waals surface area (Å²) < 4.78 is 31.7. The highest BCUT2D eigenvalue weighted by atomic mass is 32.2. The Kier molecular flexibility index (Phi) is 3.83. The minimum Gasteiger partial charge on any atom is -0.363 e. The van der Waals surface area contributed by atoms with Gasteiger partial charge in [-0.3, -0.25) is 0 Å². The highest BCUT2D eigenvalue weighted by Gasteiger charge is 2.21. The molecule has 1 aliphatic rings. The molecule has 3 rings (SSSR count). The van der Waals surface area contributed by atoms with Crippen LogP contribution in [-0.4, -0.2) is 24.6 Å². The van der Waals surface area contributed by atoms with Crippen molar-refractivity contribution in [1.29, 1.82) is 0 Å². The lowest BCUT2D eigenvalue weighted by Crippen LogP contribution is -2.23. The first-order valence-electron chi connectivity index (χ1n) is 6.85. The molecule has 0 radical (unpaired) electrons. The molecule has 2 aromatic heterocycles. The Balaban J connectivity index is 1.60. The van der Waals surface area contributed by atoms with E-state index in [1.807, 2.05) is 0 Å². The lowest BCUT2D eigenvalue weighted by atomic mass is 10.4. The van der Waals surface area contributed by atoms with Crippen molar-refractivity contribution in [2.24, 2.45) is 0 Å². The van der Waals surface area contributed by atoms with Gasteiger partial charge < -0.3 is 14.8 Å². The summed E-state index contributed by atoms with van der Waals surface area (Å²) in [4.78, 5) is 3.21. The second-order valence-corrected chi connectivity index (χ2v) is 7.04. The van der Waals surface area contributed by atoms with Crippen LogP contribution in [0.15, 0.2) is 27.7 Å². The van der Waals surface area contributed by atoms with E-state index >= 15 is 0 Å². The normalized spacial score (nSPS) is 15.5. The molecule has 1 saturated carbocycles. The zero-order valence-corrected chi connectivity index (χ0v) is 12.5. The van der Waals surface area contributed by atoms with E-state index < -0.39 is 10.0 Å². The number of hydrogen-bond acceptors (Lipinski definition) is 5. The van der Waals surface area contributed by atoms with E-state index in [1.54, 1.807) is 19.1 Å². The molecule has 3 N–H and O–H groups in total. The molecule has 0 bridgehead atoms. The van der Waals surface area contributed by atoms with Crippen LogP contribution in [0.1, 0.15) is 30.0 Å². The molecular formula is C13H18N4O3S. The van der Waals surface area contributed by atoms with Gasteiger partial charge in [0.05, 0.1) is 17.1 Å². The summed E-state index contributed by atoms with van der Waals surface area (Å²) >= 11 is 0. The molecule has 0 amide bonds. The molecule has 2 heterocycles. The zero-order chi connectivity index (χ0) is 14.9. The monoisotopic (exact) mass is 310 g/mol. The summed E-state index contributed by atoms with van der Waals surface area (Å²) in [5.74, 6) is 0.652. The Morgan fingerprint density at radius 2 is 2.19 bits per heavy atom. The molecule has 114 valence electrons. The van der Waals surface area contributed by atoms with Crippen LogP contribution in [0.25, 0.3) is 0 Å². The van der Waals surface area contributed by atoms with Crippen LogP contribution in [0.3, 0.4) is 0 Å². The van der Waals surface area contributed by atoms with Crippen LogP contribution < -0.4 is 10.0 Å². The largest absolute Gasteiger partial charge is 0.363 e. The molecule has 8 heteroatoms. The van der Waals surface area contributed by atoms with Gasteiger partial charge in [0.25, 0.3) is 0 Å². The first-order chi connectivity index (χ1) is 10.0. The van der Waals surface area contributed by atoms with E-state index in [2.05, 4.69) is 20.2 Å². The van der Waals surface area contributed by atoms with E-state index in [0.717, 1.165) is 5.69 Å². The van der Waals surface area contributed by atoms with Gasteiger partial charge in [-0.2, -0.15) is 0 Å². The van der Waals surface area contributed by atoms with Crippen LogP contribution >= 0.6 is 0 Å². The predicted octanol–water partition coefficient (Wildman–Crippen LogP) is 1.04. The number of hydrogen-bond donors (Lipinski definition) is 3. The Bertz CT molecular complexity index is 715. The fraction of sp³-hybridized carbons (Fsp3) is 0.462. The average molecular weight is 310 g/mol. The van der Waals surface area contributed by atoms with Crippen molar-refractivity contribution in [3.8, 4) is 0 Å². The van der Waals surface area contributed by atoms with Crippen LogP contribution in [-0.2, 0) is 23.1 Å². The van der Waals surface area contributed by atoms with Crippen molar-refractivity contribution in [2.75, 3.05) is 0 Å². The summed E-state index contributed by atoms with van der Waals surface area (Å²) in [7, 11) is -3.54. The van der Waals surface area contributed by atoms with Gasteiger partial charge in [-0.25, -0.2) is 13.1 Å². The number of rotatable bonds is 7.